The Morgan fingerprint density at radius 1 is 1.11 bits per heavy atom. The van der Waals surface area contributed by atoms with Crippen molar-refractivity contribution >= 4 is 22.7 Å². The molecule has 178 valence electrons. The molecule has 35 heavy (non-hydrogen) atoms. The van der Waals surface area contributed by atoms with Crippen LogP contribution in [0.5, 0.6) is 17.4 Å². The van der Waals surface area contributed by atoms with Crippen molar-refractivity contribution in [3.63, 3.8) is 0 Å². The highest BCUT2D eigenvalue weighted by Gasteiger charge is 2.17. The van der Waals surface area contributed by atoms with E-state index in [1.165, 1.54) is 6.39 Å². The van der Waals surface area contributed by atoms with E-state index in [-0.39, 0.29) is 5.88 Å². The summed E-state index contributed by atoms with van der Waals surface area (Å²) in [5.74, 6) is 1.92. The third kappa shape index (κ3) is 4.81. The van der Waals surface area contributed by atoms with Crippen LogP contribution in [0.15, 0.2) is 71.9 Å². The van der Waals surface area contributed by atoms with Gasteiger partial charge in [0.15, 0.2) is 12.2 Å². The van der Waals surface area contributed by atoms with Crippen LogP contribution in [0.25, 0.3) is 22.2 Å². The van der Waals surface area contributed by atoms with Gasteiger partial charge in [-0.25, -0.2) is 4.79 Å². The van der Waals surface area contributed by atoms with Gasteiger partial charge in [-0.3, -0.25) is 10.00 Å². The van der Waals surface area contributed by atoms with Crippen LogP contribution in [-0.2, 0) is 13.0 Å². The molecule has 0 aliphatic carbocycles. The number of H-pyrrole nitrogens is 1. The molecule has 0 fully saturated rings. The number of ether oxygens (including phenoxy) is 3. The monoisotopic (exact) mass is 473 g/mol. The second-order valence-corrected chi connectivity index (χ2v) is 7.70. The summed E-state index contributed by atoms with van der Waals surface area (Å²) in [6, 6.07) is 13.1. The number of aryl methyl sites for hydroxylation is 2. The quantitative estimate of drug-likeness (QED) is 0.330. The Balaban J connectivity index is 1.20. The summed E-state index contributed by atoms with van der Waals surface area (Å²) in [7, 11) is 3.24. The summed E-state index contributed by atoms with van der Waals surface area (Å²) < 4.78 is 23.0. The normalized spacial score (nSPS) is 10.9. The lowest BCUT2D eigenvalue weighted by Crippen LogP contribution is -2.17. The van der Waals surface area contributed by atoms with Crippen molar-refractivity contribution < 1.29 is 23.4 Å². The third-order valence-corrected chi connectivity index (χ3v) is 5.54. The van der Waals surface area contributed by atoms with Crippen molar-refractivity contribution in [2.24, 2.45) is 0 Å². The average Bonchev–Trinajstić information content (AvgIpc) is 3.62. The van der Waals surface area contributed by atoms with Crippen molar-refractivity contribution in [3.8, 4) is 28.7 Å². The van der Waals surface area contributed by atoms with Crippen molar-refractivity contribution in [2.45, 2.75) is 13.0 Å². The van der Waals surface area contributed by atoms with Gasteiger partial charge in [0.05, 0.1) is 26.1 Å². The maximum atomic E-state index is 12.4. The number of nitrogens with one attached hydrogen (secondary N) is 2. The number of nitrogens with zero attached hydrogens (tertiary/aromatic N) is 3. The van der Waals surface area contributed by atoms with Crippen LogP contribution in [0.2, 0.25) is 0 Å². The van der Waals surface area contributed by atoms with Crippen LogP contribution in [0.3, 0.4) is 0 Å². The molecule has 0 saturated heterocycles. The number of oxazole rings is 1. The van der Waals surface area contributed by atoms with Crippen LogP contribution in [0.4, 0.5) is 10.5 Å². The van der Waals surface area contributed by atoms with Crippen LogP contribution < -0.4 is 19.5 Å². The fourth-order valence-corrected chi connectivity index (χ4v) is 3.75. The largest absolute Gasteiger partial charge is 0.497 e. The van der Waals surface area contributed by atoms with Gasteiger partial charge in [-0.1, -0.05) is 0 Å². The number of carbonyl (C=O) groups excluding carboxylic acids is 1. The van der Waals surface area contributed by atoms with Crippen molar-refractivity contribution in [1.29, 1.82) is 0 Å². The number of amides is 1. The number of aromatic amines is 1. The topological polar surface area (TPSA) is 116 Å². The maximum Gasteiger partial charge on any atom is 0.418 e. The fourth-order valence-electron chi connectivity index (χ4n) is 3.75. The number of aromatic nitrogens is 4. The molecule has 0 bridgehead atoms. The van der Waals surface area contributed by atoms with Gasteiger partial charge >= 0.3 is 6.09 Å². The molecule has 10 nitrogen and oxygen atoms in total. The van der Waals surface area contributed by atoms with Gasteiger partial charge in [0.25, 0.3) is 5.88 Å². The lowest BCUT2D eigenvalue weighted by atomic mass is 10.1. The SMILES string of the molecule is COc1ccc(-c2ocnc2OC(=O)Nc2cnn(CCc3c[nH]c4ccc(OC)cc34)c2)cc1. The zero-order valence-electron chi connectivity index (χ0n) is 19.1. The molecule has 0 aliphatic rings. The highest BCUT2D eigenvalue weighted by Crippen LogP contribution is 2.30. The molecule has 0 atom stereocenters. The van der Waals surface area contributed by atoms with E-state index in [4.69, 9.17) is 18.6 Å². The molecule has 3 heterocycles. The predicted molar refractivity (Wildman–Crippen MR) is 129 cm³/mol. The number of hydrogen-bond donors (Lipinski definition) is 2. The summed E-state index contributed by atoms with van der Waals surface area (Å²) in [6.07, 6.45) is 6.57. The molecule has 1 amide bonds. The van der Waals surface area contributed by atoms with Crippen LogP contribution in [-0.4, -0.2) is 40.1 Å². The van der Waals surface area contributed by atoms with Gasteiger partial charge in [-0.05, 0) is 54.4 Å². The zero-order valence-corrected chi connectivity index (χ0v) is 19.1. The summed E-state index contributed by atoms with van der Waals surface area (Å²) in [5, 5.41) is 8.10. The highest BCUT2D eigenvalue weighted by atomic mass is 16.6. The molecule has 0 saturated carbocycles. The summed E-state index contributed by atoms with van der Waals surface area (Å²) in [6.45, 7) is 0.631. The minimum absolute atomic E-state index is 0.0647. The predicted octanol–water partition coefficient (Wildman–Crippen LogP) is 4.89. The maximum absolute atomic E-state index is 12.4. The van der Waals surface area contributed by atoms with Gasteiger partial charge < -0.3 is 23.6 Å². The smallest absolute Gasteiger partial charge is 0.418 e. The molecule has 2 aromatic carbocycles. The highest BCUT2D eigenvalue weighted by molar-refractivity contribution is 5.86. The first-order valence-electron chi connectivity index (χ1n) is 10.9. The van der Waals surface area contributed by atoms with Crippen molar-refractivity contribution in [3.05, 3.63) is 73.0 Å². The van der Waals surface area contributed by atoms with Gasteiger partial charge in [-0.15, -0.1) is 0 Å². The Bertz CT molecular complexity index is 1450. The van der Waals surface area contributed by atoms with E-state index < -0.39 is 6.09 Å². The summed E-state index contributed by atoms with van der Waals surface area (Å²) >= 11 is 0. The van der Waals surface area contributed by atoms with Crippen molar-refractivity contribution in [2.75, 3.05) is 19.5 Å². The number of rotatable bonds is 8. The number of carbonyl (C=O) groups is 1. The summed E-state index contributed by atoms with van der Waals surface area (Å²) in [4.78, 5) is 19.7. The molecule has 0 unspecified atom stereocenters. The zero-order chi connectivity index (χ0) is 24.2. The first kappa shape index (κ1) is 22.1. The van der Waals surface area contributed by atoms with Crippen LogP contribution in [0, 0.1) is 0 Å². The Hall–Kier alpha value is -4.73. The first-order chi connectivity index (χ1) is 17.1. The molecule has 5 aromatic rings. The fraction of sp³-hybridized carbons (Fsp3) is 0.160. The molecular weight excluding hydrogens is 450 g/mol. The van der Waals surface area contributed by atoms with E-state index in [2.05, 4.69) is 20.4 Å². The lowest BCUT2D eigenvalue weighted by molar-refractivity contribution is 0.213. The summed E-state index contributed by atoms with van der Waals surface area (Å²) in [5.41, 5.74) is 3.41. The number of hydrogen-bond acceptors (Lipinski definition) is 7. The average molecular weight is 473 g/mol. The van der Waals surface area contributed by atoms with E-state index in [9.17, 15) is 4.79 Å². The Kier molecular flexibility index (Phi) is 6.08. The number of fused-ring (bicyclic) bond motifs is 1. The standard InChI is InChI=1S/C25H23N5O5/c1-32-19-5-3-16(4-6-19)23-24(27-15-34-23)35-25(31)29-18-13-28-30(14-18)10-9-17-12-26-22-8-7-20(33-2)11-21(17)22/h3-8,11-15,26H,9-10H2,1-2H3,(H,29,31). The molecule has 10 heteroatoms. The Labute approximate surface area is 200 Å². The molecule has 5 rings (SSSR count). The lowest BCUT2D eigenvalue weighted by Gasteiger charge is -2.05. The molecule has 2 N–H and O–H groups in total. The van der Waals surface area contributed by atoms with E-state index >= 15 is 0 Å². The molecule has 0 spiro atoms. The van der Waals surface area contributed by atoms with Crippen molar-refractivity contribution in [1.82, 2.24) is 19.7 Å². The molecule has 0 aliphatic heterocycles. The van der Waals surface area contributed by atoms with Crippen LogP contribution in [0.1, 0.15) is 5.56 Å². The number of benzene rings is 2. The molecular formula is C25H23N5O5. The minimum Gasteiger partial charge on any atom is -0.497 e. The number of anilines is 1. The van der Waals surface area contributed by atoms with E-state index in [1.54, 1.807) is 55.6 Å². The number of methoxy groups -OCH3 is 2. The van der Waals surface area contributed by atoms with Gasteiger partial charge in [0.2, 0.25) is 0 Å². The Morgan fingerprint density at radius 2 is 1.91 bits per heavy atom. The molecule has 3 aromatic heterocycles. The second kappa shape index (κ2) is 9.64. The van der Waals surface area contributed by atoms with Gasteiger partial charge in [0, 0.05) is 35.4 Å². The van der Waals surface area contributed by atoms with Gasteiger partial charge in [-0.2, -0.15) is 10.1 Å². The Morgan fingerprint density at radius 3 is 2.71 bits per heavy atom. The second-order valence-electron chi connectivity index (χ2n) is 7.70. The van der Waals surface area contributed by atoms with Crippen LogP contribution >= 0.6 is 0 Å². The van der Waals surface area contributed by atoms with E-state index in [1.807, 2.05) is 24.4 Å². The minimum atomic E-state index is -0.697. The van der Waals surface area contributed by atoms with Gasteiger partial charge in [0.1, 0.15) is 11.5 Å². The van der Waals surface area contributed by atoms with E-state index in [0.717, 1.165) is 28.6 Å². The molecule has 0 radical (unpaired) electrons. The third-order valence-electron chi connectivity index (χ3n) is 5.54. The van der Waals surface area contributed by atoms with E-state index in [0.29, 0.717) is 29.3 Å². The first-order valence-corrected chi connectivity index (χ1v) is 10.9.